The van der Waals surface area contributed by atoms with E-state index in [2.05, 4.69) is 26.8 Å². The molecule has 0 spiro atoms. The smallest absolute Gasteiger partial charge is 0.387 e. The second-order valence-corrected chi connectivity index (χ2v) is 6.28. The molecule has 0 aliphatic rings. The van der Waals surface area contributed by atoms with Gasteiger partial charge >= 0.3 is 6.61 Å². The fraction of sp³-hybridized carbons (Fsp3) is 0.353. The molecular weight excluding hydrogens is 362 g/mol. The Morgan fingerprint density at radius 2 is 2.12 bits per heavy atom. The zero-order valence-corrected chi connectivity index (χ0v) is 15.1. The minimum Gasteiger partial charge on any atom is -0.435 e. The summed E-state index contributed by atoms with van der Waals surface area (Å²) < 4.78 is 30.4. The van der Waals surface area contributed by atoms with Crippen molar-refractivity contribution in [3.05, 3.63) is 48.3 Å². The largest absolute Gasteiger partial charge is 0.435 e. The summed E-state index contributed by atoms with van der Waals surface area (Å²) in [5.74, 6) is 1.00. The van der Waals surface area contributed by atoms with Gasteiger partial charge in [-0.2, -0.15) is 8.78 Å². The SMILES string of the molecule is C=CCn1c(C)nnc1SCC(=O)NCCc1ccc(OC(F)F)cc1. The molecule has 0 atom stereocenters. The van der Waals surface area contributed by atoms with Gasteiger partial charge in [-0.15, -0.1) is 16.8 Å². The summed E-state index contributed by atoms with van der Waals surface area (Å²) in [6, 6.07) is 6.35. The number of nitrogens with one attached hydrogen (secondary N) is 1. The van der Waals surface area contributed by atoms with Crippen molar-refractivity contribution in [1.82, 2.24) is 20.1 Å². The Morgan fingerprint density at radius 1 is 1.38 bits per heavy atom. The van der Waals surface area contributed by atoms with Gasteiger partial charge in [0.25, 0.3) is 0 Å². The fourth-order valence-corrected chi connectivity index (χ4v) is 3.00. The van der Waals surface area contributed by atoms with Crippen molar-refractivity contribution in [2.24, 2.45) is 0 Å². The molecule has 1 aromatic carbocycles. The van der Waals surface area contributed by atoms with Crippen molar-refractivity contribution >= 4 is 17.7 Å². The van der Waals surface area contributed by atoms with Crippen LogP contribution in [0.5, 0.6) is 5.75 Å². The first-order valence-corrected chi connectivity index (χ1v) is 8.92. The lowest BCUT2D eigenvalue weighted by Crippen LogP contribution is -2.27. The van der Waals surface area contributed by atoms with Gasteiger partial charge < -0.3 is 14.6 Å². The van der Waals surface area contributed by atoms with E-state index in [1.54, 1.807) is 18.2 Å². The minimum atomic E-state index is -2.83. The van der Waals surface area contributed by atoms with Gasteiger partial charge in [-0.1, -0.05) is 30.0 Å². The second kappa shape index (κ2) is 9.91. The fourth-order valence-electron chi connectivity index (χ4n) is 2.17. The van der Waals surface area contributed by atoms with Gasteiger partial charge in [-0.05, 0) is 31.0 Å². The maximum atomic E-state index is 12.1. The number of nitrogens with zero attached hydrogens (tertiary/aromatic N) is 3. The van der Waals surface area contributed by atoms with E-state index in [1.165, 1.54) is 23.9 Å². The van der Waals surface area contributed by atoms with Gasteiger partial charge in [0.2, 0.25) is 5.91 Å². The van der Waals surface area contributed by atoms with Crippen molar-refractivity contribution in [1.29, 1.82) is 0 Å². The molecule has 2 rings (SSSR count). The molecule has 0 saturated heterocycles. The molecule has 0 bridgehead atoms. The van der Waals surface area contributed by atoms with Gasteiger partial charge in [0.1, 0.15) is 11.6 Å². The molecule has 2 aromatic rings. The molecule has 0 aliphatic carbocycles. The molecule has 1 N–H and O–H groups in total. The van der Waals surface area contributed by atoms with E-state index in [-0.39, 0.29) is 17.4 Å². The number of alkyl halides is 2. The summed E-state index contributed by atoms with van der Waals surface area (Å²) in [6.07, 6.45) is 2.34. The first-order chi connectivity index (χ1) is 12.5. The Balaban J connectivity index is 1.73. The molecule has 0 radical (unpaired) electrons. The van der Waals surface area contributed by atoms with E-state index in [9.17, 15) is 13.6 Å². The van der Waals surface area contributed by atoms with Crippen LogP contribution in [-0.2, 0) is 17.8 Å². The van der Waals surface area contributed by atoms with E-state index in [1.807, 2.05) is 11.5 Å². The molecular formula is C17H20F2N4O2S. The Labute approximate surface area is 154 Å². The number of carbonyl (C=O) groups excluding carboxylic acids is 1. The van der Waals surface area contributed by atoms with E-state index < -0.39 is 6.61 Å². The van der Waals surface area contributed by atoms with Gasteiger partial charge in [0.15, 0.2) is 5.16 Å². The molecule has 0 aliphatic heterocycles. The monoisotopic (exact) mass is 382 g/mol. The lowest BCUT2D eigenvalue weighted by atomic mass is 10.1. The van der Waals surface area contributed by atoms with Crippen LogP contribution in [0, 0.1) is 6.92 Å². The maximum Gasteiger partial charge on any atom is 0.387 e. The van der Waals surface area contributed by atoms with Crippen LogP contribution >= 0.6 is 11.8 Å². The van der Waals surface area contributed by atoms with Crippen molar-refractivity contribution in [2.45, 2.75) is 31.7 Å². The topological polar surface area (TPSA) is 69.0 Å². The standard InChI is InChI=1S/C17H20F2N4O2S/c1-3-10-23-12(2)21-22-17(23)26-11-15(24)20-9-8-13-4-6-14(7-5-13)25-16(18)19/h3-7,16H,1,8-11H2,2H3,(H,20,24). The number of carbonyl (C=O) groups is 1. The number of allylic oxidation sites excluding steroid dienone is 1. The minimum absolute atomic E-state index is 0.113. The average molecular weight is 382 g/mol. The average Bonchev–Trinajstić information content (AvgIpc) is 2.95. The Bertz CT molecular complexity index is 735. The number of hydrogen-bond acceptors (Lipinski definition) is 5. The number of benzene rings is 1. The number of aromatic nitrogens is 3. The van der Waals surface area contributed by atoms with E-state index >= 15 is 0 Å². The van der Waals surface area contributed by atoms with Crippen molar-refractivity contribution in [3.63, 3.8) is 0 Å². The first kappa shape index (κ1) is 19.9. The summed E-state index contributed by atoms with van der Waals surface area (Å²) in [5.41, 5.74) is 0.918. The molecule has 0 saturated carbocycles. The third-order valence-electron chi connectivity index (χ3n) is 3.43. The van der Waals surface area contributed by atoms with Crippen molar-refractivity contribution < 1.29 is 18.3 Å². The second-order valence-electron chi connectivity index (χ2n) is 5.34. The highest BCUT2D eigenvalue weighted by atomic mass is 32.2. The first-order valence-electron chi connectivity index (χ1n) is 7.93. The van der Waals surface area contributed by atoms with Crippen LogP contribution in [0.4, 0.5) is 8.78 Å². The van der Waals surface area contributed by atoms with Crippen LogP contribution in [0.1, 0.15) is 11.4 Å². The summed E-state index contributed by atoms with van der Waals surface area (Å²) in [6.45, 7) is 3.75. The molecule has 6 nitrogen and oxygen atoms in total. The lowest BCUT2D eigenvalue weighted by Gasteiger charge is -2.08. The van der Waals surface area contributed by atoms with Crippen LogP contribution in [0.3, 0.4) is 0 Å². The van der Waals surface area contributed by atoms with Gasteiger partial charge in [0, 0.05) is 13.1 Å². The highest BCUT2D eigenvalue weighted by Gasteiger charge is 2.10. The lowest BCUT2D eigenvalue weighted by molar-refractivity contribution is -0.118. The summed E-state index contributed by atoms with van der Waals surface area (Å²) in [4.78, 5) is 11.9. The molecule has 1 amide bonds. The van der Waals surface area contributed by atoms with Crippen LogP contribution in [-0.4, -0.2) is 39.6 Å². The summed E-state index contributed by atoms with van der Waals surface area (Å²) in [5, 5.41) is 11.5. The van der Waals surface area contributed by atoms with Crippen LogP contribution in [0.25, 0.3) is 0 Å². The van der Waals surface area contributed by atoms with Crippen molar-refractivity contribution in [2.75, 3.05) is 12.3 Å². The highest BCUT2D eigenvalue weighted by Crippen LogP contribution is 2.17. The number of rotatable bonds is 10. The molecule has 26 heavy (non-hydrogen) atoms. The van der Waals surface area contributed by atoms with Gasteiger partial charge in [-0.3, -0.25) is 4.79 Å². The number of ether oxygens (including phenoxy) is 1. The van der Waals surface area contributed by atoms with Crippen LogP contribution in [0.15, 0.2) is 42.1 Å². The van der Waals surface area contributed by atoms with Crippen LogP contribution in [0.2, 0.25) is 0 Å². The maximum absolute atomic E-state index is 12.1. The molecule has 140 valence electrons. The molecule has 1 heterocycles. The third kappa shape index (κ3) is 6.14. The molecule has 9 heteroatoms. The quantitative estimate of drug-likeness (QED) is 0.506. The van der Waals surface area contributed by atoms with E-state index in [0.717, 1.165) is 11.4 Å². The Kier molecular flexibility index (Phi) is 7.58. The number of amides is 1. The number of thioether (sulfide) groups is 1. The Morgan fingerprint density at radius 3 is 2.77 bits per heavy atom. The molecule has 0 unspecified atom stereocenters. The van der Waals surface area contributed by atoms with Crippen LogP contribution < -0.4 is 10.1 Å². The normalized spacial score (nSPS) is 10.8. The number of aryl methyl sites for hydroxylation is 1. The Hall–Kier alpha value is -2.42. The van der Waals surface area contributed by atoms with E-state index in [0.29, 0.717) is 24.7 Å². The molecule has 1 aromatic heterocycles. The summed E-state index contributed by atoms with van der Waals surface area (Å²) >= 11 is 1.31. The molecule has 0 fully saturated rings. The number of halogens is 2. The number of hydrogen-bond donors (Lipinski definition) is 1. The van der Waals surface area contributed by atoms with E-state index in [4.69, 9.17) is 0 Å². The third-order valence-corrected chi connectivity index (χ3v) is 4.40. The van der Waals surface area contributed by atoms with Gasteiger partial charge in [-0.25, -0.2) is 0 Å². The summed E-state index contributed by atoms with van der Waals surface area (Å²) in [7, 11) is 0. The predicted molar refractivity (Wildman–Crippen MR) is 95.5 cm³/mol. The predicted octanol–water partition coefficient (Wildman–Crippen LogP) is 2.82. The zero-order valence-electron chi connectivity index (χ0n) is 14.3. The van der Waals surface area contributed by atoms with Gasteiger partial charge in [0.05, 0.1) is 5.75 Å². The zero-order chi connectivity index (χ0) is 18.9. The van der Waals surface area contributed by atoms with Crippen molar-refractivity contribution in [3.8, 4) is 5.75 Å². The highest BCUT2D eigenvalue weighted by molar-refractivity contribution is 7.99.